The lowest BCUT2D eigenvalue weighted by molar-refractivity contribution is 0.413. The van der Waals surface area contributed by atoms with Gasteiger partial charge in [0.15, 0.2) is 0 Å². The van der Waals surface area contributed by atoms with Crippen LogP contribution in [0.25, 0.3) is 0 Å². The summed E-state index contributed by atoms with van der Waals surface area (Å²) < 4.78 is 5.24. The number of benzene rings is 1. The Morgan fingerprint density at radius 1 is 1.26 bits per heavy atom. The second-order valence-corrected chi connectivity index (χ2v) is 5.22. The Hall–Kier alpha value is -1.02. The van der Waals surface area contributed by atoms with Gasteiger partial charge in [0, 0.05) is 0 Å². The molecule has 0 spiro atoms. The lowest BCUT2D eigenvalue weighted by Crippen LogP contribution is -2.24. The summed E-state index contributed by atoms with van der Waals surface area (Å²) >= 11 is 0. The van der Waals surface area contributed by atoms with E-state index in [9.17, 15) is 0 Å². The maximum Gasteiger partial charge on any atom is 0.119 e. The Morgan fingerprint density at radius 2 is 2.11 bits per heavy atom. The third-order valence-electron chi connectivity index (χ3n) is 3.70. The zero-order valence-electron chi connectivity index (χ0n) is 12.7. The second kappa shape index (κ2) is 9.85. The number of ether oxygens (including phenoxy) is 1. The largest absolute Gasteiger partial charge is 0.497 e. The Balaban J connectivity index is 2.21. The van der Waals surface area contributed by atoms with Crippen LogP contribution in [0.4, 0.5) is 0 Å². The van der Waals surface area contributed by atoms with E-state index in [1.54, 1.807) is 7.11 Å². The predicted octanol–water partition coefficient (Wildman–Crippen LogP) is 4.04. The SMILES string of the molecule is CCCCC(CC)CNCCc1cccc(OC)c1. The summed E-state index contributed by atoms with van der Waals surface area (Å²) in [6.07, 6.45) is 6.38. The summed E-state index contributed by atoms with van der Waals surface area (Å²) in [5, 5.41) is 3.59. The highest BCUT2D eigenvalue weighted by atomic mass is 16.5. The van der Waals surface area contributed by atoms with E-state index < -0.39 is 0 Å². The summed E-state index contributed by atoms with van der Waals surface area (Å²) in [7, 11) is 1.72. The molecule has 0 heterocycles. The van der Waals surface area contributed by atoms with Gasteiger partial charge in [-0.15, -0.1) is 0 Å². The molecular formula is C17H29NO. The van der Waals surface area contributed by atoms with Crippen molar-refractivity contribution in [3.05, 3.63) is 29.8 Å². The lowest BCUT2D eigenvalue weighted by atomic mass is 9.99. The second-order valence-electron chi connectivity index (χ2n) is 5.22. The molecule has 0 saturated heterocycles. The molecule has 0 saturated carbocycles. The van der Waals surface area contributed by atoms with Gasteiger partial charge in [0.25, 0.3) is 0 Å². The fraction of sp³-hybridized carbons (Fsp3) is 0.647. The van der Waals surface area contributed by atoms with Gasteiger partial charge in [-0.25, -0.2) is 0 Å². The summed E-state index contributed by atoms with van der Waals surface area (Å²) in [6.45, 7) is 6.77. The van der Waals surface area contributed by atoms with Crippen molar-refractivity contribution in [2.75, 3.05) is 20.2 Å². The van der Waals surface area contributed by atoms with Crippen LogP contribution < -0.4 is 10.1 Å². The highest BCUT2D eigenvalue weighted by molar-refractivity contribution is 5.28. The smallest absolute Gasteiger partial charge is 0.119 e. The van der Waals surface area contributed by atoms with Crippen LogP contribution in [0, 0.1) is 5.92 Å². The van der Waals surface area contributed by atoms with Gasteiger partial charge in [-0.2, -0.15) is 0 Å². The quantitative estimate of drug-likeness (QED) is 0.643. The van der Waals surface area contributed by atoms with Crippen molar-refractivity contribution in [2.45, 2.75) is 46.0 Å². The van der Waals surface area contributed by atoms with Crippen molar-refractivity contribution in [3.63, 3.8) is 0 Å². The standard InChI is InChI=1S/C17H29NO/c1-4-6-8-15(5-2)14-18-12-11-16-9-7-10-17(13-16)19-3/h7,9-10,13,15,18H,4-6,8,11-12,14H2,1-3H3. The minimum absolute atomic E-state index is 0.838. The molecule has 19 heavy (non-hydrogen) atoms. The number of hydrogen-bond acceptors (Lipinski definition) is 2. The van der Waals surface area contributed by atoms with Crippen molar-refractivity contribution in [3.8, 4) is 5.75 Å². The monoisotopic (exact) mass is 263 g/mol. The molecule has 2 heteroatoms. The highest BCUT2D eigenvalue weighted by Gasteiger charge is 2.04. The van der Waals surface area contributed by atoms with Crippen molar-refractivity contribution in [1.29, 1.82) is 0 Å². The molecule has 0 amide bonds. The van der Waals surface area contributed by atoms with Crippen LogP contribution in [-0.2, 0) is 6.42 Å². The molecule has 1 atom stereocenters. The van der Waals surface area contributed by atoms with Gasteiger partial charge in [0.05, 0.1) is 7.11 Å². The third kappa shape index (κ3) is 6.63. The molecule has 0 aliphatic rings. The van der Waals surface area contributed by atoms with Gasteiger partial charge in [0.1, 0.15) is 5.75 Å². The Bertz CT molecular complexity index is 338. The first-order chi connectivity index (χ1) is 9.30. The Labute approximate surface area is 118 Å². The number of nitrogens with one attached hydrogen (secondary N) is 1. The number of methoxy groups -OCH3 is 1. The first kappa shape index (κ1) is 16.0. The molecule has 1 unspecified atom stereocenters. The van der Waals surface area contributed by atoms with Crippen LogP contribution in [0.2, 0.25) is 0 Å². The average Bonchev–Trinajstić information content (AvgIpc) is 2.47. The maximum absolute atomic E-state index is 5.24. The minimum atomic E-state index is 0.838. The molecule has 0 aliphatic carbocycles. The fourth-order valence-electron chi connectivity index (χ4n) is 2.31. The van der Waals surface area contributed by atoms with Gasteiger partial charge in [0.2, 0.25) is 0 Å². The lowest BCUT2D eigenvalue weighted by Gasteiger charge is -2.15. The molecule has 1 N–H and O–H groups in total. The fourth-order valence-corrected chi connectivity index (χ4v) is 2.31. The van der Waals surface area contributed by atoms with Gasteiger partial charge in [-0.05, 0) is 49.5 Å². The van der Waals surface area contributed by atoms with Crippen LogP contribution in [0.3, 0.4) is 0 Å². The van der Waals surface area contributed by atoms with Crippen molar-refractivity contribution >= 4 is 0 Å². The van der Waals surface area contributed by atoms with Crippen molar-refractivity contribution in [1.82, 2.24) is 5.32 Å². The van der Waals surface area contributed by atoms with Crippen LogP contribution >= 0.6 is 0 Å². The average molecular weight is 263 g/mol. The Morgan fingerprint density at radius 3 is 2.79 bits per heavy atom. The molecule has 1 aromatic carbocycles. The van der Waals surface area contributed by atoms with E-state index in [4.69, 9.17) is 4.74 Å². The molecule has 108 valence electrons. The third-order valence-corrected chi connectivity index (χ3v) is 3.70. The predicted molar refractivity (Wildman–Crippen MR) is 82.9 cm³/mol. The van der Waals surface area contributed by atoms with E-state index in [1.165, 1.54) is 31.2 Å². The molecule has 0 bridgehead atoms. The molecule has 0 fully saturated rings. The van der Waals surface area contributed by atoms with E-state index >= 15 is 0 Å². The molecule has 0 aromatic heterocycles. The molecule has 2 nitrogen and oxygen atoms in total. The number of hydrogen-bond donors (Lipinski definition) is 1. The van der Waals surface area contributed by atoms with E-state index in [1.807, 2.05) is 6.07 Å². The molecule has 0 aliphatic heterocycles. The molecular weight excluding hydrogens is 234 g/mol. The van der Waals surface area contributed by atoms with E-state index in [0.717, 1.165) is 31.2 Å². The zero-order valence-corrected chi connectivity index (χ0v) is 12.7. The minimum Gasteiger partial charge on any atom is -0.497 e. The van der Waals surface area contributed by atoms with E-state index in [2.05, 4.69) is 37.4 Å². The summed E-state index contributed by atoms with van der Waals surface area (Å²) in [6, 6.07) is 8.34. The first-order valence-corrected chi connectivity index (χ1v) is 7.63. The van der Waals surface area contributed by atoms with Gasteiger partial charge in [-0.1, -0.05) is 45.2 Å². The number of rotatable bonds is 10. The zero-order chi connectivity index (χ0) is 13.9. The van der Waals surface area contributed by atoms with Crippen LogP contribution in [0.5, 0.6) is 5.75 Å². The van der Waals surface area contributed by atoms with E-state index in [-0.39, 0.29) is 0 Å². The summed E-state index contributed by atoms with van der Waals surface area (Å²) in [5.41, 5.74) is 1.34. The van der Waals surface area contributed by atoms with Crippen LogP contribution in [0.15, 0.2) is 24.3 Å². The molecule has 1 rings (SSSR count). The first-order valence-electron chi connectivity index (χ1n) is 7.63. The summed E-state index contributed by atoms with van der Waals surface area (Å²) in [4.78, 5) is 0. The Kier molecular flexibility index (Phi) is 8.31. The topological polar surface area (TPSA) is 21.3 Å². The van der Waals surface area contributed by atoms with Gasteiger partial charge >= 0.3 is 0 Å². The summed E-state index contributed by atoms with van der Waals surface area (Å²) in [5.74, 6) is 1.79. The van der Waals surface area contributed by atoms with Gasteiger partial charge < -0.3 is 10.1 Å². The molecule has 0 radical (unpaired) electrons. The van der Waals surface area contributed by atoms with Gasteiger partial charge in [-0.3, -0.25) is 0 Å². The van der Waals surface area contributed by atoms with Crippen molar-refractivity contribution < 1.29 is 4.74 Å². The molecule has 1 aromatic rings. The number of unbranched alkanes of at least 4 members (excludes halogenated alkanes) is 1. The van der Waals surface area contributed by atoms with Crippen molar-refractivity contribution in [2.24, 2.45) is 5.92 Å². The normalized spacial score (nSPS) is 12.4. The maximum atomic E-state index is 5.24. The van der Waals surface area contributed by atoms with E-state index in [0.29, 0.717) is 0 Å². The van der Waals surface area contributed by atoms with Crippen LogP contribution in [0.1, 0.15) is 45.1 Å². The highest BCUT2D eigenvalue weighted by Crippen LogP contribution is 2.13. The van der Waals surface area contributed by atoms with Crippen LogP contribution in [-0.4, -0.2) is 20.2 Å².